The van der Waals surface area contributed by atoms with Crippen molar-refractivity contribution < 1.29 is 13.2 Å². The standard InChI is InChI=1S/C9H9F3N2O/c1-5(13)7-3-2-6(9(10,11)12)4-8(7)14-15/h2-5H,13H2,1H3. The van der Waals surface area contributed by atoms with Gasteiger partial charge in [0.2, 0.25) is 0 Å². The number of hydrogen-bond donors (Lipinski definition) is 1. The van der Waals surface area contributed by atoms with Crippen LogP contribution in [0.25, 0.3) is 0 Å². The summed E-state index contributed by atoms with van der Waals surface area (Å²) >= 11 is 0. The zero-order chi connectivity index (χ0) is 11.6. The molecule has 1 aromatic carbocycles. The zero-order valence-electron chi connectivity index (χ0n) is 7.88. The molecule has 3 nitrogen and oxygen atoms in total. The van der Waals surface area contributed by atoms with Crippen molar-refractivity contribution >= 4 is 5.69 Å². The van der Waals surface area contributed by atoms with E-state index in [1.807, 2.05) is 0 Å². The van der Waals surface area contributed by atoms with Crippen molar-refractivity contribution in [1.29, 1.82) is 0 Å². The first-order valence-electron chi connectivity index (χ1n) is 4.16. The fourth-order valence-corrected chi connectivity index (χ4v) is 1.18. The molecule has 0 fully saturated rings. The number of nitrogens with zero attached hydrogens (tertiary/aromatic N) is 1. The van der Waals surface area contributed by atoms with Crippen LogP contribution in [0.2, 0.25) is 0 Å². The third-order valence-corrected chi connectivity index (χ3v) is 1.95. The lowest BCUT2D eigenvalue weighted by Crippen LogP contribution is -2.08. The highest BCUT2D eigenvalue weighted by Crippen LogP contribution is 2.34. The fraction of sp³-hybridized carbons (Fsp3) is 0.333. The molecule has 0 saturated carbocycles. The molecule has 6 heteroatoms. The highest BCUT2D eigenvalue weighted by Gasteiger charge is 2.31. The minimum absolute atomic E-state index is 0.264. The van der Waals surface area contributed by atoms with E-state index < -0.39 is 17.8 Å². The molecule has 0 aliphatic rings. The Morgan fingerprint density at radius 3 is 2.40 bits per heavy atom. The first-order valence-corrected chi connectivity index (χ1v) is 4.16. The van der Waals surface area contributed by atoms with Crippen LogP contribution >= 0.6 is 0 Å². The lowest BCUT2D eigenvalue weighted by molar-refractivity contribution is -0.137. The summed E-state index contributed by atoms with van der Waals surface area (Å²) in [4.78, 5) is 10.3. The monoisotopic (exact) mass is 218 g/mol. The van der Waals surface area contributed by atoms with Crippen LogP contribution in [0.5, 0.6) is 0 Å². The van der Waals surface area contributed by atoms with E-state index >= 15 is 0 Å². The van der Waals surface area contributed by atoms with Crippen molar-refractivity contribution in [2.45, 2.75) is 19.1 Å². The van der Waals surface area contributed by atoms with Crippen LogP contribution in [-0.4, -0.2) is 0 Å². The van der Waals surface area contributed by atoms with E-state index in [1.165, 1.54) is 6.07 Å². The van der Waals surface area contributed by atoms with Crippen LogP contribution in [0.15, 0.2) is 23.4 Å². The second-order valence-electron chi connectivity index (χ2n) is 3.15. The van der Waals surface area contributed by atoms with Crippen LogP contribution in [0.3, 0.4) is 0 Å². The summed E-state index contributed by atoms with van der Waals surface area (Å²) in [5.74, 6) is 0. The highest BCUT2D eigenvalue weighted by atomic mass is 19.4. The molecular formula is C9H9F3N2O. The van der Waals surface area contributed by atoms with Gasteiger partial charge in [-0.3, -0.25) is 0 Å². The van der Waals surface area contributed by atoms with Crippen molar-refractivity contribution in [2.24, 2.45) is 10.9 Å². The second kappa shape index (κ2) is 3.98. The minimum atomic E-state index is -4.48. The van der Waals surface area contributed by atoms with Gasteiger partial charge in [-0.1, -0.05) is 6.07 Å². The Kier molecular flexibility index (Phi) is 3.09. The van der Waals surface area contributed by atoms with E-state index in [0.29, 0.717) is 11.6 Å². The Bertz CT molecular complexity index is 374. The van der Waals surface area contributed by atoms with Crippen molar-refractivity contribution in [1.82, 2.24) is 0 Å². The lowest BCUT2D eigenvalue weighted by Gasteiger charge is -2.11. The van der Waals surface area contributed by atoms with E-state index in [-0.39, 0.29) is 5.69 Å². The molecule has 0 bridgehead atoms. The van der Waals surface area contributed by atoms with Crippen LogP contribution < -0.4 is 5.73 Å². The number of hydrogen-bond acceptors (Lipinski definition) is 3. The van der Waals surface area contributed by atoms with Gasteiger partial charge in [-0.2, -0.15) is 13.2 Å². The third-order valence-electron chi connectivity index (χ3n) is 1.95. The van der Waals surface area contributed by atoms with Crippen LogP contribution in [0, 0.1) is 4.91 Å². The summed E-state index contributed by atoms with van der Waals surface area (Å²) in [6.45, 7) is 1.57. The number of nitroso groups, excluding NO2 is 1. The fourth-order valence-electron chi connectivity index (χ4n) is 1.18. The van der Waals surface area contributed by atoms with Gasteiger partial charge in [0.15, 0.2) is 0 Å². The summed E-state index contributed by atoms with van der Waals surface area (Å²) in [6.07, 6.45) is -4.48. The molecule has 2 N–H and O–H groups in total. The highest BCUT2D eigenvalue weighted by molar-refractivity contribution is 5.50. The molecule has 0 amide bonds. The molecule has 0 saturated heterocycles. The van der Waals surface area contributed by atoms with Crippen molar-refractivity contribution in [3.63, 3.8) is 0 Å². The average molecular weight is 218 g/mol. The predicted molar refractivity (Wildman–Crippen MR) is 49.5 cm³/mol. The van der Waals surface area contributed by atoms with Gasteiger partial charge in [-0.05, 0) is 29.8 Å². The van der Waals surface area contributed by atoms with Gasteiger partial charge in [-0.15, -0.1) is 4.91 Å². The maximum atomic E-state index is 12.3. The average Bonchev–Trinajstić information content (AvgIpc) is 2.15. The predicted octanol–water partition coefficient (Wildman–Crippen LogP) is 3.12. The maximum absolute atomic E-state index is 12.3. The molecule has 15 heavy (non-hydrogen) atoms. The molecule has 0 aliphatic carbocycles. The topological polar surface area (TPSA) is 55.4 Å². The molecule has 0 aliphatic heterocycles. The molecule has 1 atom stereocenters. The lowest BCUT2D eigenvalue weighted by atomic mass is 10.0. The molecule has 0 radical (unpaired) electrons. The Labute approximate surface area is 84.1 Å². The molecular weight excluding hydrogens is 209 g/mol. The van der Waals surface area contributed by atoms with Gasteiger partial charge in [0.05, 0.1) is 5.56 Å². The number of rotatable bonds is 2. The minimum Gasteiger partial charge on any atom is -0.324 e. The third kappa shape index (κ3) is 2.53. The Morgan fingerprint density at radius 2 is 2.00 bits per heavy atom. The van der Waals surface area contributed by atoms with Gasteiger partial charge < -0.3 is 5.73 Å². The molecule has 1 unspecified atom stereocenters. The normalized spacial score (nSPS) is 13.7. The largest absolute Gasteiger partial charge is 0.416 e. The first-order chi connectivity index (χ1) is 6.86. The number of alkyl halides is 3. The Morgan fingerprint density at radius 1 is 1.40 bits per heavy atom. The van der Waals surface area contributed by atoms with Crippen molar-refractivity contribution in [3.8, 4) is 0 Å². The first kappa shape index (κ1) is 11.6. The molecule has 0 heterocycles. The summed E-state index contributed by atoms with van der Waals surface area (Å²) in [7, 11) is 0. The zero-order valence-corrected chi connectivity index (χ0v) is 7.88. The van der Waals surface area contributed by atoms with E-state index in [2.05, 4.69) is 5.18 Å². The van der Waals surface area contributed by atoms with Crippen LogP contribution in [-0.2, 0) is 6.18 Å². The summed E-state index contributed by atoms with van der Waals surface area (Å²) < 4.78 is 36.8. The quantitative estimate of drug-likeness (QED) is 0.775. The SMILES string of the molecule is CC(N)c1ccc(C(F)(F)F)cc1N=O. The Hall–Kier alpha value is -1.43. The van der Waals surface area contributed by atoms with E-state index in [9.17, 15) is 18.1 Å². The van der Waals surface area contributed by atoms with E-state index in [0.717, 1.165) is 6.07 Å². The molecule has 0 spiro atoms. The van der Waals surface area contributed by atoms with Gasteiger partial charge >= 0.3 is 6.18 Å². The van der Waals surface area contributed by atoms with Crippen molar-refractivity contribution in [2.75, 3.05) is 0 Å². The number of nitrogens with two attached hydrogens (primary N) is 1. The smallest absolute Gasteiger partial charge is 0.324 e. The van der Waals surface area contributed by atoms with Gasteiger partial charge in [-0.25, -0.2) is 0 Å². The van der Waals surface area contributed by atoms with E-state index in [1.54, 1.807) is 6.92 Å². The van der Waals surface area contributed by atoms with E-state index in [4.69, 9.17) is 5.73 Å². The second-order valence-corrected chi connectivity index (χ2v) is 3.15. The van der Waals surface area contributed by atoms with Gasteiger partial charge in [0.25, 0.3) is 0 Å². The number of benzene rings is 1. The summed E-state index contributed by atoms with van der Waals surface area (Å²) in [5, 5.41) is 2.54. The summed E-state index contributed by atoms with van der Waals surface area (Å²) in [5.41, 5.74) is 4.61. The summed E-state index contributed by atoms with van der Waals surface area (Å²) in [6, 6.07) is 2.23. The van der Waals surface area contributed by atoms with Crippen molar-refractivity contribution in [3.05, 3.63) is 34.2 Å². The maximum Gasteiger partial charge on any atom is 0.416 e. The molecule has 82 valence electrons. The number of halogens is 3. The van der Waals surface area contributed by atoms with Crippen LogP contribution in [0.4, 0.5) is 18.9 Å². The molecule has 1 aromatic rings. The van der Waals surface area contributed by atoms with Gasteiger partial charge in [0.1, 0.15) is 5.69 Å². The molecule has 0 aromatic heterocycles. The Balaban J connectivity index is 3.25. The van der Waals surface area contributed by atoms with Gasteiger partial charge in [0, 0.05) is 6.04 Å². The van der Waals surface area contributed by atoms with Crippen LogP contribution in [0.1, 0.15) is 24.1 Å². The molecule has 1 rings (SSSR count).